The second-order valence-corrected chi connectivity index (χ2v) is 11.3. The van der Waals surface area contributed by atoms with Gasteiger partial charge in [-0.1, -0.05) is 11.6 Å². The highest BCUT2D eigenvalue weighted by Gasteiger charge is 2.50. The number of morpholine rings is 1. The topological polar surface area (TPSA) is 172 Å². The van der Waals surface area contributed by atoms with Crippen LogP contribution < -0.4 is 20.7 Å². The highest BCUT2D eigenvalue weighted by molar-refractivity contribution is 5.98. The van der Waals surface area contributed by atoms with Crippen LogP contribution in [0.1, 0.15) is 51.3 Å². The van der Waals surface area contributed by atoms with Crippen molar-refractivity contribution < 1.29 is 47.3 Å². The van der Waals surface area contributed by atoms with Gasteiger partial charge in [-0.25, -0.2) is 0 Å². The normalized spacial score (nSPS) is 22.7. The maximum absolute atomic E-state index is 13.7. The molecule has 1 aromatic heterocycles. The van der Waals surface area contributed by atoms with Crippen LogP contribution in [0.2, 0.25) is 0 Å². The molecular weight excluding hydrogens is 584 g/mol. The summed E-state index contributed by atoms with van der Waals surface area (Å²) >= 11 is 0. The Morgan fingerprint density at radius 3 is 2.45 bits per heavy atom. The molecule has 1 aliphatic carbocycles. The molecular formula is C29H39F2N5O8. The quantitative estimate of drug-likeness (QED) is 0.158. The molecule has 4 rings (SSSR count). The lowest BCUT2D eigenvalue weighted by Crippen LogP contribution is -2.58. The number of Topliss-reactive ketones (excluding diaryl/α,β-unsaturated/α-hetero) is 1. The molecule has 44 heavy (non-hydrogen) atoms. The van der Waals surface area contributed by atoms with Crippen LogP contribution in [0, 0.1) is 0 Å². The zero-order chi connectivity index (χ0) is 31.9. The number of nitrogens with one attached hydrogen (secondary N) is 3. The number of allylic oxidation sites excluding steroid dienone is 1. The number of carbonyl (C=O) groups excluding carboxylic acids is 4. The molecule has 0 unspecified atom stereocenters. The summed E-state index contributed by atoms with van der Waals surface area (Å²) in [6, 6.07) is -1.45. The average molecular weight is 624 g/mol. The highest BCUT2D eigenvalue weighted by atomic mass is 19.3. The summed E-state index contributed by atoms with van der Waals surface area (Å²) in [7, 11) is 0. The third kappa shape index (κ3) is 9.24. The van der Waals surface area contributed by atoms with Gasteiger partial charge in [0.25, 0.3) is 0 Å². The fourth-order valence-electron chi connectivity index (χ4n) is 5.07. The molecule has 0 aromatic carbocycles. The largest absolute Gasteiger partial charge is 0.433 e. The first-order chi connectivity index (χ1) is 20.9. The summed E-state index contributed by atoms with van der Waals surface area (Å²) in [5.74, 6) is -2.69. The lowest BCUT2D eigenvalue weighted by Gasteiger charge is -2.28. The van der Waals surface area contributed by atoms with Crippen molar-refractivity contribution in [1.29, 1.82) is 0 Å². The number of aliphatic hydroxyl groups excluding tert-OH is 1. The van der Waals surface area contributed by atoms with E-state index in [1.807, 2.05) is 11.0 Å². The van der Waals surface area contributed by atoms with Crippen LogP contribution in [0.15, 0.2) is 30.0 Å². The number of alkyl halides is 2. The van der Waals surface area contributed by atoms with Crippen LogP contribution in [0.4, 0.5) is 8.78 Å². The minimum Gasteiger partial charge on any atom is -0.433 e. The standard InChI is InChI=1S/C29H39F2N5O8/c1-17(33-22(37)15-36-9-11-42-12-10-36)26(40)35-23(24(38)20-8-7-19(14-32-20)44-28(30)31)27(41)34-21(13-18-5-3-4-6-18)25(39)29(2)16-43-29/h5,7-8,14,17,21,23-24,28,38H,3-4,6,9-13,15-16H2,1-2H3,(H,33,37)(H,34,41)(H,35,40)/t17-,21-,23-,24+,29+/m0/s1. The summed E-state index contributed by atoms with van der Waals surface area (Å²) in [5, 5.41) is 18.9. The van der Waals surface area contributed by atoms with Gasteiger partial charge in [0.1, 0.15) is 29.5 Å². The van der Waals surface area contributed by atoms with Gasteiger partial charge in [-0.2, -0.15) is 8.78 Å². The number of rotatable bonds is 15. The lowest BCUT2D eigenvalue weighted by molar-refractivity contribution is -0.136. The molecule has 0 saturated carbocycles. The Hall–Kier alpha value is -3.53. The molecule has 242 valence electrons. The molecule has 0 radical (unpaired) electrons. The molecule has 1 aromatic rings. The Bertz CT molecular complexity index is 1220. The van der Waals surface area contributed by atoms with E-state index in [2.05, 4.69) is 25.7 Å². The van der Waals surface area contributed by atoms with Crippen LogP contribution in [-0.2, 0) is 28.7 Å². The zero-order valence-corrected chi connectivity index (χ0v) is 24.7. The van der Waals surface area contributed by atoms with Gasteiger partial charge in [-0.05, 0) is 51.7 Å². The number of pyridine rings is 1. The number of hydrogen-bond donors (Lipinski definition) is 4. The van der Waals surface area contributed by atoms with E-state index in [0.717, 1.165) is 37.1 Å². The number of halogens is 2. The summed E-state index contributed by atoms with van der Waals surface area (Å²) in [6.07, 6.45) is 4.02. The number of hydrogen-bond acceptors (Lipinski definition) is 10. The van der Waals surface area contributed by atoms with Crippen LogP contribution in [0.3, 0.4) is 0 Å². The van der Waals surface area contributed by atoms with Crippen molar-refractivity contribution in [3.8, 4) is 5.75 Å². The molecule has 4 N–H and O–H groups in total. The van der Waals surface area contributed by atoms with Crippen molar-refractivity contribution in [3.05, 3.63) is 35.7 Å². The third-order valence-electron chi connectivity index (χ3n) is 7.76. The van der Waals surface area contributed by atoms with Gasteiger partial charge < -0.3 is 35.3 Å². The molecule has 3 heterocycles. The summed E-state index contributed by atoms with van der Waals surface area (Å²) in [6.45, 7) is 2.33. The molecule has 15 heteroatoms. The Morgan fingerprint density at radius 1 is 1.14 bits per heavy atom. The van der Waals surface area contributed by atoms with E-state index in [1.54, 1.807) is 6.92 Å². The Kier molecular flexibility index (Phi) is 11.4. The fraction of sp³-hybridized carbons (Fsp3) is 0.621. The van der Waals surface area contributed by atoms with Gasteiger partial charge >= 0.3 is 6.61 Å². The predicted octanol–water partition coefficient (Wildman–Crippen LogP) is 0.381. The smallest absolute Gasteiger partial charge is 0.387 e. The molecule has 2 fully saturated rings. The SMILES string of the molecule is C[C@H](NC(=O)CN1CCOCC1)C(=O)N[C@H](C(=O)N[C@@H](CC1=CCCC1)C(=O)[C@@]1(C)CO1)[C@H](O)c1ccc(OC(F)F)cn1. The molecule has 3 aliphatic rings. The van der Waals surface area contributed by atoms with E-state index in [4.69, 9.17) is 9.47 Å². The number of epoxide rings is 1. The molecule has 3 amide bonds. The highest BCUT2D eigenvalue weighted by Crippen LogP contribution is 2.31. The molecule has 2 aliphatic heterocycles. The number of aliphatic hydroxyl groups is 1. The van der Waals surface area contributed by atoms with Gasteiger partial charge in [0, 0.05) is 13.1 Å². The number of carbonyl (C=O) groups is 4. The monoisotopic (exact) mass is 623 g/mol. The van der Waals surface area contributed by atoms with Gasteiger partial charge in [-0.15, -0.1) is 0 Å². The number of amides is 3. The van der Waals surface area contributed by atoms with Gasteiger partial charge in [0.15, 0.2) is 5.78 Å². The summed E-state index contributed by atoms with van der Waals surface area (Å²) < 4.78 is 40.1. The van der Waals surface area contributed by atoms with Crippen LogP contribution in [0.25, 0.3) is 0 Å². The second-order valence-electron chi connectivity index (χ2n) is 11.3. The fourth-order valence-corrected chi connectivity index (χ4v) is 5.07. The van der Waals surface area contributed by atoms with Gasteiger partial charge in [0.2, 0.25) is 17.7 Å². The van der Waals surface area contributed by atoms with Crippen molar-refractivity contribution in [2.24, 2.45) is 0 Å². The summed E-state index contributed by atoms with van der Waals surface area (Å²) in [4.78, 5) is 58.5. The van der Waals surface area contributed by atoms with Crippen molar-refractivity contribution in [2.75, 3.05) is 39.5 Å². The maximum atomic E-state index is 13.7. The Balaban J connectivity index is 1.49. The predicted molar refractivity (Wildman–Crippen MR) is 150 cm³/mol. The van der Waals surface area contributed by atoms with Crippen molar-refractivity contribution in [3.63, 3.8) is 0 Å². The number of ketones is 1. The first-order valence-corrected chi connectivity index (χ1v) is 14.6. The number of aromatic nitrogens is 1. The Morgan fingerprint density at radius 2 is 1.86 bits per heavy atom. The van der Waals surface area contributed by atoms with Crippen molar-refractivity contribution in [2.45, 2.75) is 76.0 Å². The minimum absolute atomic E-state index is 0.0466. The Labute approximate surface area is 253 Å². The molecule has 0 spiro atoms. The van der Waals surface area contributed by atoms with Gasteiger partial charge in [0.05, 0.1) is 44.3 Å². The van der Waals surface area contributed by atoms with E-state index in [-0.39, 0.29) is 36.8 Å². The first kappa shape index (κ1) is 33.4. The second kappa shape index (κ2) is 15.0. The molecule has 13 nitrogen and oxygen atoms in total. The first-order valence-electron chi connectivity index (χ1n) is 14.6. The minimum atomic E-state index is -3.09. The van der Waals surface area contributed by atoms with Crippen molar-refractivity contribution >= 4 is 23.5 Å². The van der Waals surface area contributed by atoms with Crippen LogP contribution >= 0.6 is 0 Å². The van der Waals surface area contributed by atoms with E-state index in [1.165, 1.54) is 13.0 Å². The number of nitrogens with zero attached hydrogens (tertiary/aromatic N) is 2. The van der Waals surface area contributed by atoms with Crippen molar-refractivity contribution in [1.82, 2.24) is 25.8 Å². The van der Waals surface area contributed by atoms with E-state index < -0.39 is 54.2 Å². The average Bonchev–Trinajstić information content (AvgIpc) is 3.53. The van der Waals surface area contributed by atoms with E-state index in [0.29, 0.717) is 26.3 Å². The zero-order valence-electron chi connectivity index (χ0n) is 24.7. The van der Waals surface area contributed by atoms with Crippen LogP contribution in [0.5, 0.6) is 5.75 Å². The third-order valence-corrected chi connectivity index (χ3v) is 7.76. The van der Waals surface area contributed by atoms with Crippen LogP contribution in [-0.4, -0.2) is 108 Å². The van der Waals surface area contributed by atoms with Gasteiger partial charge in [-0.3, -0.25) is 29.1 Å². The van der Waals surface area contributed by atoms with E-state index in [9.17, 15) is 33.1 Å². The van der Waals surface area contributed by atoms with E-state index >= 15 is 0 Å². The summed E-state index contributed by atoms with van der Waals surface area (Å²) in [5.41, 5.74) is -0.174. The molecule has 5 atom stereocenters. The molecule has 2 saturated heterocycles. The lowest BCUT2D eigenvalue weighted by atomic mass is 9.94. The number of ether oxygens (including phenoxy) is 3. The molecule has 0 bridgehead atoms. The maximum Gasteiger partial charge on any atom is 0.387 e.